The Balaban J connectivity index is 0.000000292. The average molecular weight is 1710 g/mol. The molecule has 4 aliphatic rings. The van der Waals surface area contributed by atoms with Gasteiger partial charge in [0, 0.05) is 59.5 Å². The maximum atomic E-state index is 12.2. The number of imide groups is 1. The zero-order valence-corrected chi connectivity index (χ0v) is 75.5. The van der Waals surface area contributed by atoms with Crippen LogP contribution in [-0.4, -0.2) is 104 Å². The van der Waals surface area contributed by atoms with Crippen LogP contribution < -0.4 is 62.1 Å². The van der Waals surface area contributed by atoms with Crippen molar-refractivity contribution >= 4 is 30.2 Å². The Labute approximate surface area is 730 Å². The molecule has 680 valence electrons. The highest BCUT2D eigenvalue weighted by Crippen LogP contribution is 2.52. The lowest BCUT2D eigenvalue weighted by molar-refractivity contribution is 0.0588. The van der Waals surface area contributed by atoms with Crippen molar-refractivity contribution < 1.29 is 88.9 Å². The number of rotatable bonds is 38. The van der Waals surface area contributed by atoms with Crippen LogP contribution in [0.15, 0.2) is 144 Å². The number of aromatic hydroxyl groups is 4. The van der Waals surface area contributed by atoms with Crippen molar-refractivity contribution in [1.82, 2.24) is 43.2 Å². The quantitative estimate of drug-likeness (QED) is 0.00651. The molecule has 0 heterocycles. The summed E-state index contributed by atoms with van der Waals surface area (Å²) in [7, 11) is 1.50. The molecule has 9 amide bonds. The van der Waals surface area contributed by atoms with Crippen LogP contribution in [0, 0.1) is 23.7 Å². The van der Waals surface area contributed by atoms with Crippen LogP contribution in [-0.2, 0) is 30.4 Å². The van der Waals surface area contributed by atoms with Crippen molar-refractivity contribution in [1.29, 1.82) is 0 Å². The summed E-state index contributed by atoms with van der Waals surface area (Å²) < 4.78 is 28.9. The van der Waals surface area contributed by atoms with Gasteiger partial charge in [-0.1, -0.05) is 188 Å². The lowest BCUT2D eigenvalue weighted by Crippen LogP contribution is -2.46. The maximum Gasteiger partial charge on any atom is 0.420 e. The molecule has 4 aromatic rings. The van der Waals surface area contributed by atoms with Crippen LogP contribution in [0.25, 0.3) is 0 Å². The summed E-state index contributed by atoms with van der Waals surface area (Å²) in [6.45, 7) is 43.6. The fourth-order valence-electron chi connectivity index (χ4n) is 16.7. The second-order valence-electron chi connectivity index (χ2n) is 33.5. The minimum atomic E-state index is -1.10. The monoisotopic (exact) mass is 1710 g/mol. The minimum absolute atomic E-state index is 0.0346. The van der Waals surface area contributed by atoms with Gasteiger partial charge in [0.1, 0.15) is 52.6 Å². The molecule has 10 atom stereocenters. The maximum absolute atomic E-state index is 12.2. The van der Waals surface area contributed by atoms with Crippen LogP contribution in [0.4, 0.5) is 24.0 Å². The Morgan fingerprint density at radius 1 is 0.407 bits per heavy atom. The number of carbonyl (C=O) groups excluding carboxylic acids is 5. The Bertz CT molecular complexity index is 4160. The van der Waals surface area contributed by atoms with E-state index in [1.807, 2.05) is 83.3 Å². The fraction of sp³-hybridized carbons (Fsp3) is 0.536. The summed E-state index contributed by atoms with van der Waals surface area (Å²) >= 11 is 0. The number of nitrogens with one attached hydrogen (secondary N) is 8. The van der Waals surface area contributed by atoms with Crippen molar-refractivity contribution in [2.45, 2.75) is 293 Å². The Morgan fingerprint density at radius 3 is 1.02 bits per heavy atom. The third kappa shape index (κ3) is 33.1. The van der Waals surface area contributed by atoms with Crippen molar-refractivity contribution in [2.24, 2.45) is 23.7 Å². The number of carbonyl (C=O) groups is 5. The first-order valence-corrected chi connectivity index (χ1v) is 43.9. The highest BCUT2D eigenvalue weighted by Gasteiger charge is 2.37. The van der Waals surface area contributed by atoms with Crippen LogP contribution in [0.5, 0.6) is 46.0 Å². The predicted octanol–water partition coefficient (Wildman–Crippen LogP) is 22.0. The van der Waals surface area contributed by atoms with Gasteiger partial charge in [0.25, 0.3) is 0 Å². The average Bonchev–Trinajstić information content (AvgIpc) is 0.801. The lowest BCUT2D eigenvalue weighted by Gasteiger charge is -2.33. The molecule has 0 aromatic heterocycles. The van der Waals surface area contributed by atoms with Crippen molar-refractivity contribution in [3.63, 3.8) is 0 Å². The Morgan fingerprint density at radius 2 is 0.707 bits per heavy atom. The van der Waals surface area contributed by atoms with Gasteiger partial charge in [-0.25, -0.2) is 51.2 Å². The number of amides is 9. The number of ether oxygens (including phenoxy) is 5. The number of methoxy groups -OCH3 is 1. The Kier molecular flexibility index (Phi) is 45.1. The molecule has 0 fully saturated rings. The fourth-order valence-corrected chi connectivity index (χ4v) is 16.7. The molecule has 0 spiro atoms. The molecule has 26 nitrogen and oxygen atoms in total. The number of hydroxylamine groups is 4. The van der Waals surface area contributed by atoms with E-state index in [4.69, 9.17) is 44.5 Å². The van der Waals surface area contributed by atoms with Gasteiger partial charge in [-0.15, -0.1) is 0 Å². The molecule has 4 aromatic carbocycles. The van der Waals surface area contributed by atoms with Crippen molar-refractivity contribution in [3.05, 3.63) is 188 Å². The molecule has 16 N–H and O–H groups in total. The Hall–Kier alpha value is -10.3. The number of urea groups is 4. The first-order chi connectivity index (χ1) is 58.7. The zero-order chi connectivity index (χ0) is 91.0. The van der Waals surface area contributed by atoms with Gasteiger partial charge in [-0.3, -0.25) is 26.1 Å². The number of phenols is 4. The first kappa shape index (κ1) is 103. The second-order valence-corrected chi connectivity index (χ2v) is 33.5. The molecule has 0 saturated carbocycles. The van der Waals surface area contributed by atoms with E-state index < -0.39 is 42.7 Å². The number of allylic oxidation sites excluding steroid dienone is 12. The molecule has 26 heteroatoms. The van der Waals surface area contributed by atoms with Crippen molar-refractivity contribution in [3.8, 4) is 46.0 Å². The molecule has 2 unspecified atom stereocenters. The van der Waals surface area contributed by atoms with E-state index in [9.17, 15) is 44.4 Å². The largest absolute Gasteiger partial charge is 0.507 e. The van der Waals surface area contributed by atoms with Gasteiger partial charge in [0.15, 0.2) is 19.2 Å². The predicted molar refractivity (Wildman–Crippen MR) is 482 cm³/mol. The minimum Gasteiger partial charge on any atom is -0.507 e. The van der Waals surface area contributed by atoms with Gasteiger partial charge < -0.3 is 54.7 Å². The van der Waals surface area contributed by atoms with E-state index in [-0.39, 0.29) is 89.4 Å². The number of phenolic OH excluding ortho intramolecular Hbond substituents is 4. The van der Waals surface area contributed by atoms with E-state index in [1.165, 1.54) is 40.4 Å². The first-order valence-electron chi connectivity index (χ1n) is 43.9. The molecule has 0 saturated heterocycles. The summed E-state index contributed by atoms with van der Waals surface area (Å²) in [5, 5.41) is 88.7. The number of hydrogen-bond donors (Lipinski definition) is 16. The molecule has 0 aliphatic heterocycles. The normalized spacial score (nSPS) is 18.8. The topological polar surface area (TPSA) is 390 Å². The molecule has 0 bridgehead atoms. The number of unbranched alkanes of at least 4 members (excludes halogenated alkanes) is 8. The zero-order valence-electron chi connectivity index (χ0n) is 75.5. The van der Waals surface area contributed by atoms with E-state index in [0.29, 0.717) is 34.8 Å². The van der Waals surface area contributed by atoms with E-state index in [2.05, 4.69) is 115 Å². The number of hydrogen-bond acceptors (Lipinski definition) is 18. The van der Waals surface area contributed by atoms with Crippen LogP contribution >= 0.6 is 0 Å². The molecule has 4 aliphatic carbocycles. The van der Waals surface area contributed by atoms with E-state index in [0.717, 1.165) is 216 Å². The third-order valence-corrected chi connectivity index (χ3v) is 23.1. The van der Waals surface area contributed by atoms with Crippen LogP contribution in [0.3, 0.4) is 0 Å². The number of aryl methyl sites for hydroxylation is 4. The van der Waals surface area contributed by atoms with Crippen molar-refractivity contribution in [2.75, 3.05) is 20.4 Å². The molecule has 8 rings (SSSR count). The SMILES string of the molecule is C=C(C)[C@@H]1CCC(C)=C[C@H]1c1c(O)cc(CCCCC)cc1OC(=O)NC(=O)NO.C=C(C)[C@@H]1CCC(C)=C[C@H]1c1c(O)cc(CCCCC)cc1OC(CCC)NC(=O)NO.C=C(C)[C@@H]1CCC(C)=C[C@H]1c1c(O)cc(CCCCC)cc1OC(COC)NC(=O)NO.C=C(C)[C@@H]1CCC(C)=C[C@H]1c1c(O)cc(CCCCC)cc1OCNC(=O)NO. The molecule has 123 heavy (non-hydrogen) atoms. The third-order valence-electron chi connectivity index (χ3n) is 23.1. The summed E-state index contributed by atoms with van der Waals surface area (Å²) in [6.07, 6.45) is 31.4. The van der Waals surface area contributed by atoms with Gasteiger partial charge >= 0.3 is 30.2 Å². The van der Waals surface area contributed by atoms with Gasteiger partial charge in [-0.2, -0.15) is 0 Å². The van der Waals surface area contributed by atoms with E-state index >= 15 is 0 Å². The highest BCUT2D eigenvalue weighted by molar-refractivity contribution is 5.91. The summed E-state index contributed by atoms with van der Waals surface area (Å²) in [4.78, 5) is 58.1. The highest BCUT2D eigenvalue weighted by atomic mass is 16.6. The van der Waals surface area contributed by atoms with Gasteiger partial charge in [-0.05, 0) is 253 Å². The summed E-state index contributed by atoms with van der Waals surface area (Å²) in [5.41, 5.74) is 21.7. The summed E-state index contributed by atoms with van der Waals surface area (Å²) in [5.74, 6) is 2.82. The van der Waals surface area contributed by atoms with Crippen LogP contribution in [0.2, 0.25) is 0 Å². The summed E-state index contributed by atoms with van der Waals surface area (Å²) in [6, 6.07) is 11.5. The second kappa shape index (κ2) is 53.7. The number of benzene rings is 4. The standard InChI is InChI=1S/C26H40N2O4.C25H38N2O5.C23H32N2O5.C23H34N2O4/c1-6-8-9-11-19-15-22(29)25(21-14-18(5)12-13-20(21)17(3)4)23(16-19)32-24(10-7-2)27-26(30)28-31;1-6-7-8-9-18-13-21(28)24(20-12-17(4)10-11-19(20)16(2)3)22(14-18)32-23(15-31-5)26-25(29)27-30;1-5-6-7-8-16-12-19(26)21(18-11-15(4)9-10-17(18)14(2)3)20(13-16)30-23(28)24-22(27)25-29;1-5-6-7-8-17-12-20(26)22(21(13-17)29-14-24-23(27)25-28)19-11-16(4)9-10-18(19)15(2)3/h14-16,20-21,24,29,31H,3,6-13H2,1-2,4-5H3,(H2,27,28,30);12-14,19-20,23,28,30H,2,6-11,15H2,1,3-5H3,(H2,26,27,29);11-13,17-18,26,29H,2,5-10H2,1,3-4H3,(H2,24,25,27,28);11-13,18-19,26,28H,2,5-10,14H2,1,3-4H3,(H2,24,25,27)/t20-,21+,24?;19-,20+,23?;17-,18+;18-,19+/m0000/s1. The van der Waals surface area contributed by atoms with Gasteiger partial charge in [0.2, 0.25) is 0 Å². The van der Waals surface area contributed by atoms with E-state index in [1.54, 1.807) is 23.1 Å². The molecular weight excluding hydrogens is 1570 g/mol. The smallest absolute Gasteiger partial charge is 0.420 e. The lowest BCUT2D eigenvalue weighted by atomic mass is 9.73. The van der Waals surface area contributed by atoms with Crippen LogP contribution in [0.1, 0.15) is 299 Å². The molecule has 0 radical (unpaired) electrons. The molecular formula is C97H144N8O18. The van der Waals surface area contributed by atoms with Gasteiger partial charge in [0.05, 0.1) is 0 Å².